The summed E-state index contributed by atoms with van der Waals surface area (Å²) >= 11 is 0. The van der Waals surface area contributed by atoms with Crippen LogP contribution in [0.3, 0.4) is 0 Å². The molecule has 0 saturated heterocycles. The Labute approximate surface area is 145 Å². The largest absolute Gasteiger partial charge is 0.416 e. The first-order valence-corrected chi connectivity index (χ1v) is 7.52. The number of rotatable bonds is 4. The van der Waals surface area contributed by atoms with E-state index >= 15 is 0 Å². The third kappa shape index (κ3) is 4.00. The normalized spacial score (nSPS) is 11.3. The number of hydrogen-bond donors (Lipinski definition) is 2. The second-order valence-electron chi connectivity index (χ2n) is 5.45. The Balaban J connectivity index is 2.00. The number of H-pyrrole nitrogens is 1. The van der Waals surface area contributed by atoms with E-state index in [0.717, 1.165) is 22.3 Å². The fourth-order valence-corrected chi connectivity index (χ4v) is 2.35. The molecular weight excluding hydrogens is 349 g/mol. The van der Waals surface area contributed by atoms with Crippen molar-refractivity contribution in [3.63, 3.8) is 0 Å². The van der Waals surface area contributed by atoms with Crippen LogP contribution in [0.15, 0.2) is 64.2 Å². The molecule has 0 aliphatic rings. The van der Waals surface area contributed by atoms with Gasteiger partial charge in [-0.05, 0) is 23.8 Å². The maximum absolute atomic E-state index is 12.8. The number of benzene rings is 2. The summed E-state index contributed by atoms with van der Waals surface area (Å²) in [5.41, 5.74) is -1.66. The maximum Gasteiger partial charge on any atom is 0.416 e. The van der Waals surface area contributed by atoms with Gasteiger partial charge in [0.05, 0.1) is 12.1 Å². The zero-order valence-corrected chi connectivity index (χ0v) is 13.2. The summed E-state index contributed by atoms with van der Waals surface area (Å²) in [5.74, 6) is -0.151. The molecular formula is C17H13F3N4O2. The van der Waals surface area contributed by atoms with Gasteiger partial charge in [-0.1, -0.05) is 36.4 Å². The molecule has 2 N–H and O–H groups in total. The molecule has 6 nitrogen and oxygen atoms in total. The molecule has 134 valence electrons. The minimum Gasteiger partial charge on any atom is -0.325 e. The highest BCUT2D eigenvalue weighted by Crippen LogP contribution is 2.31. The van der Waals surface area contributed by atoms with Gasteiger partial charge in [0.1, 0.15) is 0 Å². The van der Waals surface area contributed by atoms with Gasteiger partial charge in [0.25, 0.3) is 0 Å². The lowest BCUT2D eigenvalue weighted by Crippen LogP contribution is -2.34. The van der Waals surface area contributed by atoms with Gasteiger partial charge >= 0.3 is 17.6 Å². The highest BCUT2D eigenvalue weighted by Gasteiger charge is 2.30. The average molecular weight is 362 g/mol. The minimum absolute atomic E-state index is 0.0548. The van der Waals surface area contributed by atoms with Crippen molar-refractivity contribution < 1.29 is 13.2 Å². The van der Waals surface area contributed by atoms with E-state index in [1.807, 2.05) is 4.98 Å². The fourth-order valence-electron chi connectivity index (χ4n) is 2.35. The van der Waals surface area contributed by atoms with E-state index in [-0.39, 0.29) is 18.2 Å². The summed E-state index contributed by atoms with van der Waals surface area (Å²) in [6.07, 6.45) is -4.51. The lowest BCUT2D eigenvalue weighted by atomic mass is 10.2. The summed E-state index contributed by atoms with van der Waals surface area (Å²) in [6.45, 7) is 0.0880. The number of hydrogen-bond acceptors (Lipinski definition) is 4. The van der Waals surface area contributed by atoms with Crippen LogP contribution in [0.25, 0.3) is 0 Å². The summed E-state index contributed by atoms with van der Waals surface area (Å²) in [6, 6.07) is 13.3. The second kappa shape index (κ2) is 6.87. The summed E-state index contributed by atoms with van der Waals surface area (Å²) in [4.78, 5) is 29.4. The Bertz CT molecular complexity index is 1030. The van der Waals surface area contributed by atoms with Crippen molar-refractivity contribution in [2.24, 2.45) is 0 Å². The van der Waals surface area contributed by atoms with Gasteiger partial charge in [-0.25, -0.2) is 9.59 Å². The van der Waals surface area contributed by atoms with E-state index in [9.17, 15) is 22.8 Å². The molecule has 0 fully saturated rings. The number of halogens is 3. The first kappa shape index (κ1) is 17.5. The number of nitrogens with zero attached hydrogens (tertiary/aromatic N) is 2. The van der Waals surface area contributed by atoms with Crippen LogP contribution in [-0.2, 0) is 12.7 Å². The van der Waals surface area contributed by atoms with Gasteiger partial charge in [0, 0.05) is 5.69 Å². The molecule has 26 heavy (non-hydrogen) atoms. The molecule has 3 aromatic rings. The van der Waals surface area contributed by atoms with Crippen LogP contribution in [0, 0.1) is 0 Å². The maximum atomic E-state index is 12.8. The molecule has 0 radical (unpaired) electrons. The molecule has 0 atom stereocenters. The molecule has 0 saturated carbocycles. The summed E-state index contributed by atoms with van der Waals surface area (Å²) in [5, 5.41) is 2.62. The summed E-state index contributed by atoms with van der Waals surface area (Å²) < 4.78 is 39.7. The van der Waals surface area contributed by atoms with Crippen LogP contribution in [0.5, 0.6) is 0 Å². The van der Waals surface area contributed by atoms with Crippen LogP contribution >= 0.6 is 0 Å². The van der Waals surface area contributed by atoms with Crippen molar-refractivity contribution >= 4 is 11.6 Å². The predicted octanol–water partition coefficient (Wildman–Crippen LogP) is 2.74. The van der Waals surface area contributed by atoms with Gasteiger partial charge in [-0.2, -0.15) is 18.2 Å². The SMILES string of the molecule is O=c1nc(Nc2cccc(C(F)(F)F)c2)n(Cc2ccccc2)c(=O)[nH]1. The third-order valence-electron chi connectivity index (χ3n) is 3.55. The monoisotopic (exact) mass is 362 g/mol. The van der Waals surface area contributed by atoms with Crippen molar-refractivity contribution in [1.82, 2.24) is 14.5 Å². The number of nitrogens with one attached hydrogen (secondary N) is 2. The van der Waals surface area contributed by atoms with Crippen LogP contribution in [0.2, 0.25) is 0 Å². The molecule has 0 aliphatic carbocycles. The van der Waals surface area contributed by atoms with Crippen molar-refractivity contribution in [3.8, 4) is 0 Å². The van der Waals surface area contributed by atoms with Gasteiger partial charge < -0.3 is 5.32 Å². The average Bonchev–Trinajstić information content (AvgIpc) is 2.58. The number of aromatic nitrogens is 3. The van der Waals surface area contributed by atoms with E-state index in [1.54, 1.807) is 30.3 Å². The fraction of sp³-hybridized carbons (Fsp3) is 0.118. The predicted molar refractivity (Wildman–Crippen MR) is 89.4 cm³/mol. The second-order valence-corrected chi connectivity index (χ2v) is 5.45. The molecule has 0 unspecified atom stereocenters. The molecule has 0 amide bonds. The quantitative estimate of drug-likeness (QED) is 0.748. The number of aromatic amines is 1. The summed E-state index contributed by atoms with van der Waals surface area (Å²) in [7, 11) is 0. The van der Waals surface area contributed by atoms with E-state index < -0.39 is 23.1 Å². The Morgan fingerprint density at radius 2 is 1.77 bits per heavy atom. The molecule has 3 rings (SSSR count). The third-order valence-corrected chi connectivity index (χ3v) is 3.55. The van der Waals surface area contributed by atoms with E-state index in [0.29, 0.717) is 0 Å². The first-order valence-electron chi connectivity index (χ1n) is 7.52. The van der Waals surface area contributed by atoms with E-state index in [4.69, 9.17) is 0 Å². The van der Waals surface area contributed by atoms with Crippen LogP contribution < -0.4 is 16.7 Å². The lowest BCUT2D eigenvalue weighted by molar-refractivity contribution is -0.137. The van der Waals surface area contributed by atoms with Gasteiger partial charge in [-0.15, -0.1) is 0 Å². The molecule has 0 spiro atoms. The molecule has 1 aromatic heterocycles. The van der Waals surface area contributed by atoms with Gasteiger partial charge in [-0.3, -0.25) is 9.55 Å². The van der Waals surface area contributed by atoms with Crippen molar-refractivity contribution in [2.75, 3.05) is 5.32 Å². The van der Waals surface area contributed by atoms with Crippen molar-refractivity contribution in [3.05, 3.63) is 86.7 Å². The topological polar surface area (TPSA) is 79.8 Å². The molecule has 2 aromatic carbocycles. The smallest absolute Gasteiger partial charge is 0.325 e. The molecule has 9 heteroatoms. The minimum atomic E-state index is -4.51. The number of anilines is 2. The van der Waals surface area contributed by atoms with Crippen molar-refractivity contribution in [2.45, 2.75) is 12.7 Å². The first-order chi connectivity index (χ1) is 12.3. The van der Waals surface area contributed by atoms with E-state index in [1.165, 1.54) is 12.1 Å². The van der Waals surface area contributed by atoms with E-state index in [2.05, 4.69) is 10.3 Å². The zero-order valence-electron chi connectivity index (χ0n) is 13.2. The Morgan fingerprint density at radius 1 is 1.04 bits per heavy atom. The van der Waals surface area contributed by atoms with Crippen molar-refractivity contribution in [1.29, 1.82) is 0 Å². The number of alkyl halides is 3. The Hall–Kier alpha value is -3.36. The molecule has 0 bridgehead atoms. The van der Waals surface area contributed by atoms with Crippen LogP contribution in [0.4, 0.5) is 24.8 Å². The van der Waals surface area contributed by atoms with Crippen LogP contribution in [0.1, 0.15) is 11.1 Å². The zero-order chi connectivity index (χ0) is 18.7. The lowest BCUT2D eigenvalue weighted by Gasteiger charge is -2.14. The molecule has 0 aliphatic heterocycles. The van der Waals surface area contributed by atoms with Crippen LogP contribution in [-0.4, -0.2) is 14.5 Å². The highest BCUT2D eigenvalue weighted by atomic mass is 19.4. The Morgan fingerprint density at radius 3 is 2.46 bits per heavy atom. The van der Waals surface area contributed by atoms with Gasteiger partial charge in [0.15, 0.2) is 0 Å². The van der Waals surface area contributed by atoms with Gasteiger partial charge in [0.2, 0.25) is 5.95 Å². The Kier molecular flexibility index (Phi) is 4.61. The molecule has 1 heterocycles. The standard InChI is InChI=1S/C17H13F3N4O2/c18-17(19,20)12-7-4-8-13(9-12)21-14-22-15(25)23-16(26)24(14)10-11-5-2-1-3-6-11/h1-9H,10H2,(H2,21,22,23,25,26). The highest BCUT2D eigenvalue weighted by molar-refractivity contribution is 5.55.